The first-order valence-electron chi connectivity index (χ1n) is 18.0. The second kappa shape index (κ2) is 27.6. The smallest absolute Gasteiger partial charge is 0.748 e. The molecule has 340 valence electrons. The predicted molar refractivity (Wildman–Crippen MR) is 220 cm³/mol. The van der Waals surface area contributed by atoms with Gasteiger partial charge in [0.2, 0.25) is 0 Å². The van der Waals surface area contributed by atoms with Crippen molar-refractivity contribution in [2.75, 3.05) is 0 Å². The van der Waals surface area contributed by atoms with Crippen LogP contribution < -0.4 is 64.2 Å². The quantitative estimate of drug-likeness (QED) is 0.0701. The van der Waals surface area contributed by atoms with Crippen molar-refractivity contribution < 1.29 is 142 Å². The molecule has 20 nitrogen and oxygen atoms in total. The summed E-state index contributed by atoms with van der Waals surface area (Å²) < 4.78 is 129. The van der Waals surface area contributed by atoms with Crippen LogP contribution in [0.5, 0.6) is 0 Å². The molecule has 0 aromatic carbocycles. The van der Waals surface area contributed by atoms with Crippen molar-refractivity contribution in [3.63, 3.8) is 0 Å². The van der Waals surface area contributed by atoms with Crippen molar-refractivity contribution in [3.05, 3.63) is 143 Å². The van der Waals surface area contributed by atoms with Crippen molar-refractivity contribution in [1.29, 1.82) is 0 Å². The Morgan fingerprint density at radius 2 is 0.697 bits per heavy atom. The average molecular weight is 1090 g/mol. The van der Waals surface area contributed by atoms with Crippen LogP contribution in [-0.2, 0) is 94.2 Å². The molecule has 0 aliphatic heterocycles. The van der Waals surface area contributed by atoms with Gasteiger partial charge in [-0.15, -0.1) is 0 Å². The van der Waals surface area contributed by atoms with E-state index in [2.05, 4.69) is 29.9 Å². The second-order valence-corrected chi connectivity index (χ2v) is 19.1. The zero-order valence-corrected chi connectivity index (χ0v) is 44.2. The maximum Gasteiger partial charge on any atom is 2.00 e. The Hall–Kier alpha value is -3.37. The van der Waals surface area contributed by atoms with Crippen LogP contribution in [-0.4, -0.2) is 87.8 Å². The van der Waals surface area contributed by atoms with Crippen molar-refractivity contribution in [2.24, 2.45) is 0 Å². The molecule has 6 rings (SSSR count). The number of pyridine rings is 6. The topological polar surface area (TPSA) is 346 Å². The van der Waals surface area contributed by atoms with Crippen molar-refractivity contribution in [3.8, 4) is 34.2 Å². The molecule has 0 spiro atoms. The van der Waals surface area contributed by atoms with Crippen molar-refractivity contribution >= 4 is 46.4 Å². The van der Waals surface area contributed by atoms with E-state index in [4.69, 9.17) is 0 Å². The molecule has 0 atom stereocenters. The monoisotopic (exact) mass is 1090 g/mol. The Labute approximate surface area is 440 Å². The second-order valence-electron chi connectivity index (χ2n) is 13.5. The van der Waals surface area contributed by atoms with E-state index >= 15 is 0 Å². The fourth-order valence-electron chi connectivity index (χ4n) is 5.52. The third kappa shape index (κ3) is 24.1. The molecule has 0 saturated heterocycles. The maximum atomic E-state index is 10.8. The van der Waals surface area contributed by atoms with Gasteiger partial charge in [0.05, 0.1) is 97.6 Å². The Bertz CT molecular complexity index is 2740. The molecule has 6 heterocycles. The summed E-state index contributed by atoms with van der Waals surface area (Å²) >= 11 is 0. The molecule has 0 saturated carbocycles. The van der Waals surface area contributed by atoms with E-state index in [1.807, 2.05) is 31.2 Å². The van der Waals surface area contributed by atoms with Crippen LogP contribution in [0, 0.1) is 6.92 Å². The van der Waals surface area contributed by atoms with E-state index < -0.39 is 69.5 Å². The number of hydrogen-bond acceptors (Lipinski definition) is 20. The third-order valence-corrected chi connectivity index (χ3v) is 10.8. The van der Waals surface area contributed by atoms with Gasteiger partial charge in [-0.25, -0.2) is 33.7 Å². The predicted octanol–water partition coefficient (Wildman–Crippen LogP) is -3.89. The fourth-order valence-corrected chi connectivity index (χ4v) is 7.87. The molecule has 6 aromatic rings. The van der Waals surface area contributed by atoms with E-state index in [0.717, 1.165) is 22.5 Å². The summed E-state index contributed by atoms with van der Waals surface area (Å²) in [6.07, 6.45) is 10.1. The summed E-state index contributed by atoms with van der Waals surface area (Å²) in [6, 6.07) is 18.8. The maximum absolute atomic E-state index is 10.8. The fraction of sp³-hybridized carbons (Fsp3) is 0.205. The summed E-state index contributed by atoms with van der Waals surface area (Å²) in [5.74, 6) is -3.74. The van der Waals surface area contributed by atoms with Crippen LogP contribution in [0.25, 0.3) is 34.2 Å². The van der Waals surface area contributed by atoms with E-state index in [0.29, 0.717) is 12.8 Å². The molecular formula is C39H36N6Na2O14RuS4. The molecule has 0 N–H and O–H groups in total. The molecule has 0 aliphatic carbocycles. The van der Waals surface area contributed by atoms with Crippen LogP contribution in [0.1, 0.15) is 47.6 Å². The Morgan fingerprint density at radius 3 is 0.955 bits per heavy atom. The first-order valence-corrected chi connectivity index (χ1v) is 24.3. The number of rotatable bonds is 15. The van der Waals surface area contributed by atoms with E-state index in [9.17, 15) is 61.8 Å². The van der Waals surface area contributed by atoms with Crippen LogP contribution >= 0.6 is 0 Å². The number of carbonyl (C=O) groups excluding carboxylic acids is 1. The van der Waals surface area contributed by atoms with Crippen molar-refractivity contribution in [1.82, 2.24) is 29.9 Å². The normalized spacial score (nSPS) is 11.2. The molecule has 0 bridgehead atoms. The van der Waals surface area contributed by atoms with Gasteiger partial charge in [-0.1, -0.05) is 0 Å². The minimum absolute atomic E-state index is 0. The number of carboxylic acid groups (broad SMARTS) is 1. The number of nitrogens with zero attached hydrogens (tertiary/aromatic N) is 6. The zero-order valence-electron chi connectivity index (χ0n) is 36.2. The van der Waals surface area contributed by atoms with Crippen molar-refractivity contribution in [2.45, 2.75) is 49.2 Å². The van der Waals surface area contributed by atoms with Gasteiger partial charge in [0.25, 0.3) is 0 Å². The standard InChI is InChI=1S/C15H16N2O2.2C12H12N2O6S2.2Na.Ru/c1-11-5-7-16-13(9-11)14-10-12(6-8-17-14)3-2-4-15(18)19;2*15-21(16,17)7-9-1-3-13-11(5-9)12-6-10(2-4-14-12)8-22(18,19)20;;;/h5-10H,2-4H2,1H3,(H,18,19);2*1-6H,7-8H2,(H,15,16,17)(H,18,19,20);;;/q;;;2*+1;+2/p-4. The van der Waals surface area contributed by atoms with E-state index in [1.54, 1.807) is 12.4 Å². The van der Waals surface area contributed by atoms with Gasteiger partial charge >= 0.3 is 80.0 Å². The number of carboxylic acids is 1. The first kappa shape index (κ1) is 60.6. The number of aromatic nitrogens is 6. The molecule has 0 aliphatic rings. The number of aryl methyl sites for hydroxylation is 2. The van der Waals surface area contributed by atoms with Gasteiger partial charge < -0.3 is 28.1 Å². The van der Waals surface area contributed by atoms with Gasteiger partial charge in [-0.2, -0.15) is 0 Å². The molecule has 27 heteroatoms. The van der Waals surface area contributed by atoms with Gasteiger partial charge in [-0.05, 0) is 132 Å². The summed E-state index contributed by atoms with van der Waals surface area (Å²) in [7, 11) is -17.7. The first-order chi connectivity index (χ1) is 29.4. The van der Waals surface area contributed by atoms with Crippen LogP contribution in [0.3, 0.4) is 0 Å². The number of aliphatic carboxylic acids is 1. The number of carbonyl (C=O) groups is 1. The summed E-state index contributed by atoms with van der Waals surface area (Å²) in [4.78, 5) is 34.9. The summed E-state index contributed by atoms with van der Waals surface area (Å²) in [5, 5.41) is 10.4. The molecule has 0 fully saturated rings. The SMILES string of the molecule is Cc1ccnc(-c2cc(CCCC(=O)[O-])ccn2)c1.O=S(=O)([O-])Cc1ccnc(-c2cc(CS(=O)(=O)[O-])ccn2)c1.O=S(=O)([O-])Cc1ccnc(-c2cc(CS(=O)(=O)[O-])ccn2)c1.[H+].[Na+].[Na+].[Ru+2]. The van der Waals surface area contributed by atoms with Crippen LogP contribution in [0.4, 0.5) is 0 Å². The van der Waals surface area contributed by atoms with E-state index in [-0.39, 0.29) is 131 Å². The van der Waals surface area contributed by atoms with Gasteiger partial charge in [-0.3, -0.25) is 29.9 Å². The Balaban J connectivity index is 0.000000950. The minimum Gasteiger partial charge on any atom is -0.748 e. The molecule has 0 amide bonds. The van der Waals surface area contributed by atoms with Gasteiger partial charge in [0, 0.05) is 43.2 Å². The third-order valence-electron chi connectivity index (χ3n) is 8.04. The Morgan fingerprint density at radius 1 is 0.455 bits per heavy atom. The minimum atomic E-state index is -4.43. The van der Waals surface area contributed by atoms with Crippen LogP contribution in [0.2, 0.25) is 0 Å². The Kier molecular flexibility index (Phi) is 25.3. The molecule has 66 heavy (non-hydrogen) atoms. The zero-order chi connectivity index (χ0) is 46.4. The van der Waals surface area contributed by atoms with Gasteiger partial charge in [0.1, 0.15) is 0 Å². The largest absolute Gasteiger partial charge is 2.00 e. The molecule has 0 unspecified atom stereocenters. The van der Waals surface area contributed by atoms with E-state index in [1.165, 1.54) is 73.3 Å². The average Bonchev–Trinajstić information content (AvgIpc) is 3.16. The molecular weight excluding hydrogens is 1050 g/mol. The van der Waals surface area contributed by atoms with Gasteiger partial charge in [0.15, 0.2) is 0 Å². The summed E-state index contributed by atoms with van der Waals surface area (Å²) in [6.45, 7) is 2.01. The molecule has 6 aromatic heterocycles. The number of hydrogen-bond donors (Lipinski definition) is 0. The summed E-state index contributed by atoms with van der Waals surface area (Å²) in [5.41, 5.74) is 5.88. The van der Waals surface area contributed by atoms with Crippen LogP contribution in [0.15, 0.2) is 110 Å². The molecule has 0 radical (unpaired) electrons.